The number of imide groups is 1. The summed E-state index contributed by atoms with van der Waals surface area (Å²) in [4.78, 5) is 39.2. The van der Waals surface area contributed by atoms with Crippen LogP contribution in [0.15, 0.2) is 30.3 Å². The van der Waals surface area contributed by atoms with E-state index in [-0.39, 0.29) is 6.04 Å². The van der Waals surface area contributed by atoms with Gasteiger partial charge in [0.1, 0.15) is 11.6 Å². The van der Waals surface area contributed by atoms with Crippen molar-refractivity contribution < 1.29 is 23.9 Å². The number of hydrogen-bond donors (Lipinski definition) is 1. The summed E-state index contributed by atoms with van der Waals surface area (Å²) >= 11 is 0. The number of hydrogen-bond acceptors (Lipinski definition) is 5. The van der Waals surface area contributed by atoms with Crippen molar-refractivity contribution in [3.8, 4) is 0 Å². The van der Waals surface area contributed by atoms with Gasteiger partial charge in [0.25, 0.3) is 5.91 Å². The topological polar surface area (TPSA) is 84.9 Å². The van der Waals surface area contributed by atoms with Gasteiger partial charge in [-0.05, 0) is 39.2 Å². The molecule has 7 nitrogen and oxygen atoms in total. The average molecular weight is 388 g/mol. The van der Waals surface area contributed by atoms with Gasteiger partial charge in [0, 0.05) is 6.04 Å². The maximum Gasteiger partial charge on any atom is 0.417 e. The third-order valence-electron chi connectivity index (χ3n) is 4.98. The highest BCUT2D eigenvalue weighted by Crippen LogP contribution is 2.32. The lowest BCUT2D eigenvalue weighted by molar-refractivity contribution is -0.132. The molecule has 0 radical (unpaired) electrons. The molecule has 2 fully saturated rings. The van der Waals surface area contributed by atoms with Crippen molar-refractivity contribution >= 4 is 18.1 Å². The number of cyclic esters (lactones) is 1. The standard InChI is InChI=1S/C21H28N2O5/c1-21(2,3)28-19(25)22-16(14-10-6-4-7-11-14)17-18(24)23(20(26)27-17)15-12-8-5-9-13-15/h4,6-7,10-11,15-17H,5,8-9,12-13H2,1-3H3,(H,22,25)/t16-,17+/m0/s1. The van der Waals surface area contributed by atoms with Gasteiger partial charge in [-0.3, -0.25) is 4.79 Å². The van der Waals surface area contributed by atoms with E-state index in [1.807, 2.05) is 6.07 Å². The van der Waals surface area contributed by atoms with Crippen molar-refractivity contribution in [2.24, 2.45) is 0 Å². The number of carbonyl (C=O) groups is 3. The van der Waals surface area contributed by atoms with Crippen LogP contribution >= 0.6 is 0 Å². The van der Waals surface area contributed by atoms with Crippen molar-refractivity contribution in [2.75, 3.05) is 0 Å². The monoisotopic (exact) mass is 388 g/mol. The van der Waals surface area contributed by atoms with Crippen LogP contribution in [0, 0.1) is 0 Å². The molecule has 1 heterocycles. The van der Waals surface area contributed by atoms with E-state index in [4.69, 9.17) is 9.47 Å². The maximum atomic E-state index is 13.1. The van der Waals surface area contributed by atoms with Crippen LogP contribution in [0.2, 0.25) is 0 Å². The molecule has 1 N–H and O–H groups in total. The zero-order valence-corrected chi connectivity index (χ0v) is 16.6. The van der Waals surface area contributed by atoms with Gasteiger partial charge < -0.3 is 14.8 Å². The lowest BCUT2D eigenvalue weighted by Gasteiger charge is -2.28. The van der Waals surface area contributed by atoms with Gasteiger partial charge in [-0.25, -0.2) is 14.5 Å². The first-order valence-corrected chi connectivity index (χ1v) is 9.84. The van der Waals surface area contributed by atoms with Crippen LogP contribution in [-0.4, -0.2) is 40.7 Å². The fourth-order valence-corrected chi connectivity index (χ4v) is 3.75. The molecule has 28 heavy (non-hydrogen) atoms. The van der Waals surface area contributed by atoms with E-state index in [9.17, 15) is 14.4 Å². The Hall–Kier alpha value is -2.57. The summed E-state index contributed by atoms with van der Waals surface area (Å²) in [6, 6.07) is 8.07. The Bertz CT molecular complexity index is 722. The van der Waals surface area contributed by atoms with E-state index in [0.717, 1.165) is 32.1 Å². The highest BCUT2D eigenvalue weighted by Gasteiger charge is 2.49. The Balaban J connectivity index is 1.82. The van der Waals surface area contributed by atoms with Crippen LogP contribution in [0.3, 0.4) is 0 Å². The molecule has 1 saturated carbocycles. The number of ether oxygens (including phenoxy) is 2. The molecule has 2 atom stereocenters. The normalized spacial score (nSPS) is 22.0. The van der Waals surface area contributed by atoms with Gasteiger partial charge in [0.15, 0.2) is 0 Å². The molecule has 1 aliphatic heterocycles. The Labute approximate surface area is 165 Å². The highest BCUT2D eigenvalue weighted by molar-refractivity contribution is 6.01. The zero-order valence-electron chi connectivity index (χ0n) is 16.6. The van der Waals surface area contributed by atoms with E-state index in [1.54, 1.807) is 45.0 Å². The second-order valence-electron chi connectivity index (χ2n) is 8.34. The minimum atomic E-state index is -1.11. The minimum Gasteiger partial charge on any atom is -0.444 e. The van der Waals surface area contributed by atoms with E-state index in [2.05, 4.69) is 5.32 Å². The molecular weight excluding hydrogens is 360 g/mol. The van der Waals surface area contributed by atoms with Gasteiger partial charge in [-0.2, -0.15) is 0 Å². The molecule has 3 amide bonds. The lowest BCUT2D eigenvalue weighted by Crippen LogP contribution is -2.46. The van der Waals surface area contributed by atoms with Gasteiger partial charge in [-0.15, -0.1) is 0 Å². The quantitative estimate of drug-likeness (QED) is 0.845. The molecule has 0 spiro atoms. The second-order valence-corrected chi connectivity index (χ2v) is 8.34. The number of nitrogens with one attached hydrogen (secondary N) is 1. The molecule has 0 unspecified atom stereocenters. The van der Waals surface area contributed by atoms with E-state index in [1.165, 1.54) is 4.90 Å². The Morgan fingerprint density at radius 1 is 1.14 bits per heavy atom. The number of carbonyl (C=O) groups excluding carboxylic acids is 3. The third-order valence-corrected chi connectivity index (χ3v) is 4.98. The summed E-state index contributed by atoms with van der Waals surface area (Å²) in [7, 11) is 0. The Kier molecular flexibility index (Phi) is 5.91. The zero-order chi connectivity index (χ0) is 20.3. The maximum absolute atomic E-state index is 13.1. The Morgan fingerprint density at radius 2 is 1.79 bits per heavy atom. The first-order chi connectivity index (χ1) is 13.3. The fourth-order valence-electron chi connectivity index (χ4n) is 3.75. The van der Waals surface area contributed by atoms with E-state index in [0.29, 0.717) is 5.56 Å². The van der Waals surface area contributed by atoms with Crippen molar-refractivity contribution in [3.63, 3.8) is 0 Å². The van der Waals surface area contributed by atoms with Crippen LogP contribution in [0.4, 0.5) is 9.59 Å². The van der Waals surface area contributed by atoms with Crippen molar-refractivity contribution in [1.29, 1.82) is 0 Å². The molecule has 1 aliphatic carbocycles. The second kappa shape index (κ2) is 8.20. The summed E-state index contributed by atoms with van der Waals surface area (Å²) in [5, 5.41) is 2.72. The van der Waals surface area contributed by atoms with Gasteiger partial charge >= 0.3 is 12.2 Å². The first kappa shape index (κ1) is 20.2. The van der Waals surface area contributed by atoms with Gasteiger partial charge in [-0.1, -0.05) is 49.6 Å². The molecule has 2 aliphatic rings. The number of alkyl carbamates (subject to hydrolysis) is 1. The first-order valence-electron chi connectivity index (χ1n) is 9.84. The molecule has 1 aromatic carbocycles. The molecule has 1 saturated heterocycles. The van der Waals surface area contributed by atoms with E-state index < -0.39 is 35.8 Å². The van der Waals surface area contributed by atoms with Crippen LogP contribution in [-0.2, 0) is 14.3 Å². The predicted molar refractivity (Wildman–Crippen MR) is 103 cm³/mol. The van der Waals surface area contributed by atoms with Crippen LogP contribution < -0.4 is 5.32 Å². The van der Waals surface area contributed by atoms with Crippen LogP contribution in [0.25, 0.3) is 0 Å². The molecule has 0 bridgehead atoms. The smallest absolute Gasteiger partial charge is 0.417 e. The molecule has 1 aromatic rings. The molecule has 7 heteroatoms. The predicted octanol–water partition coefficient (Wildman–Crippen LogP) is 3.93. The third kappa shape index (κ3) is 4.64. The summed E-state index contributed by atoms with van der Waals surface area (Å²) in [6.07, 6.45) is 2.28. The Morgan fingerprint density at radius 3 is 2.39 bits per heavy atom. The number of benzene rings is 1. The number of amides is 3. The van der Waals surface area contributed by atoms with Crippen molar-refractivity contribution in [3.05, 3.63) is 35.9 Å². The van der Waals surface area contributed by atoms with Gasteiger partial charge in [0.05, 0.1) is 0 Å². The summed E-state index contributed by atoms with van der Waals surface area (Å²) in [5.74, 6) is -0.401. The largest absolute Gasteiger partial charge is 0.444 e. The van der Waals surface area contributed by atoms with Gasteiger partial charge in [0.2, 0.25) is 6.10 Å². The molecule has 0 aromatic heterocycles. The highest BCUT2D eigenvalue weighted by atomic mass is 16.6. The lowest BCUT2D eigenvalue weighted by atomic mass is 9.93. The van der Waals surface area contributed by atoms with E-state index >= 15 is 0 Å². The fraction of sp³-hybridized carbons (Fsp3) is 0.571. The van der Waals surface area contributed by atoms with Crippen molar-refractivity contribution in [1.82, 2.24) is 10.2 Å². The van der Waals surface area contributed by atoms with Crippen LogP contribution in [0.5, 0.6) is 0 Å². The summed E-state index contributed by atoms with van der Waals surface area (Å²) in [6.45, 7) is 5.28. The average Bonchev–Trinajstić information content (AvgIpc) is 2.94. The number of nitrogens with zero attached hydrogens (tertiary/aromatic N) is 1. The van der Waals surface area contributed by atoms with Crippen molar-refractivity contribution in [2.45, 2.75) is 76.7 Å². The summed E-state index contributed by atoms with van der Waals surface area (Å²) < 4.78 is 10.8. The number of rotatable bonds is 4. The minimum absolute atomic E-state index is 0.128. The molecule has 152 valence electrons. The van der Waals surface area contributed by atoms with Crippen LogP contribution in [0.1, 0.15) is 64.5 Å². The molecular formula is C21H28N2O5. The molecule has 3 rings (SSSR count). The SMILES string of the molecule is CC(C)(C)OC(=O)N[C@@H](c1ccccc1)[C@H]1OC(=O)N(C2CCCCC2)C1=O. The summed E-state index contributed by atoms with van der Waals surface area (Å²) in [5.41, 5.74) is -0.0134.